The van der Waals surface area contributed by atoms with Crippen LogP contribution in [-0.2, 0) is 9.53 Å². The summed E-state index contributed by atoms with van der Waals surface area (Å²) in [5.74, 6) is 0.199. The molecule has 3 heterocycles. The molecule has 0 aromatic rings. The summed E-state index contributed by atoms with van der Waals surface area (Å²) in [6.07, 6.45) is 4.62. The second kappa shape index (κ2) is 8.16. The van der Waals surface area contributed by atoms with Gasteiger partial charge >= 0.3 is 6.03 Å². The summed E-state index contributed by atoms with van der Waals surface area (Å²) in [4.78, 5) is 30.6. The van der Waals surface area contributed by atoms with E-state index in [1.165, 1.54) is 12.8 Å². The fourth-order valence-electron chi connectivity index (χ4n) is 3.77. The van der Waals surface area contributed by atoms with Gasteiger partial charge in [0.2, 0.25) is 5.91 Å². The number of rotatable bonds is 4. The van der Waals surface area contributed by atoms with Crippen LogP contribution in [0.4, 0.5) is 4.79 Å². The molecule has 3 aliphatic rings. The summed E-state index contributed by atoms with van der Waals surface area (Å²) in [5.41, 5.74) is 0. The van der Waals surface area contributed by atoms with E-state index in [-0.39, 0.29) is 24.1 Å². The zero-order valence-corrected chi connectivity index (χ0v) is 14.7. The summed E-state index contributed by atoms with van der Waals surface area (Å²) in [6, 6.07) is -0.000491. The van der Waals surface area contributed by atoms with Crippen molar-refractivity contribution in [2.75, 3.05) is 52.4 Å². The maximum absolute atomic E-state index is 12.4. The Morgan fingerprint density at radius 2 is 1.71 bits per heavy atom. The van der Waals surface area contributed by atoms with Gasteiger partial charge in [0.1, 0.15) is 0 Å². The normalized spacial score (nSPS) is 26.6. The van der Waals surface area contributed by atoms with Crippen molar-refractivity contribution in [3.8, 4) is 0 Å². The summed E-state index contributed by atoms with van der Waals surface area (Å²) >= 11 is 0. The molecule has 24 heavy (non-hydrogen) atoms. The minimum Gasteiger partial charge on any atom is -0.376 e. The number of piperazine rings is 1. The first kappa shape index (κ1) is 17.5. The molecule has 0 saturated carbocycles. The number of hydrogen-bond donors (Lipinski definition) is 1. The monoisotopic (exact) mass is 338 g/mol. The van der Waals surface area contributed by atoms with E-state index in [2.05, 4.69) is 10.2 Å². The first-order valence-electron chi connectivity index (χ1n) is 9.30. The Bertz CT molecular complexity index is 439. The predicted octanol–water partition coefficient (Wildman–Crippen LogP) is 0.504. The fraction of sp³-hybridized carbons (Fsp3) is 0.882. The Kier molecular flexibility index (Phi) is 5.94. The number of ether oxygens (including phenoxy) is 1. The molecule has 136 valence electrons. The molecule has 0 aromatic carbocycles. The Morgan fingerprint density at radius 1 is 1.04 bits per heavy atom. The van der Waals surface area contributed by atoms with Crippen LogP contribution in [0.5, 0.6) is 0 Å². The van der Waals surface area contributed by atoms with Gasteiger partial charge in [-0.25, -0.2) is 4.79 Å². The number of nitrogens with zero attached hydrogens (tertiary/aromatic N) is 3. The highest BCUT2D eigenvalue weighted by molar-refractivity contribution is 5.79. The number of urea groups is 1. The average molecular weight is 338 g/mol. The van der Waals surface area contributed by atoms with E-state index in [4.69, 9.17) is 4.74 Å². The van der Waals surface area contributed by atoms with Gasteiger partial charge in [-0.05, 0) is 45.7 Å². The van der Waals surface area contributed by atoms with Crippen LogP contribution in [0.1, 0.15) is 32.6 Å². The lowest BCUT2D eigenvalue weighted by Crippen LogP contribution is -2.56. The molecule has 3 rings (SSSR count). The molecule has 0 radical (unpaired) electrons. The number of nitrogens with one attached hydrogen (secondary N) is 1. The Hall–Kier alpha value is -1.34. The molecule has 0 aliphatic carbocycles. The third-order valence-electron chi connectivity index (χ3n) is 5.35. The number of hydrogen-bond acceptors (Lipinski definition) is 4. The maximum atomic E-state index is 12.4. The van der Waals surface area contributed by atoms with Crippen molar-refractivity contribution in [1.82, 2.24) is 20.0 Å². The van der Waals surface area contributed by atoms with E-state index >= 15 is 0 Å². The van der Waals surface area contributed by atoms with Crippen LogP contribution < -0.4 is 5.32 Å². The quantitative estimate of drug-likeness (QED) is 0.811. The fourth-order valence-corrected chi connectivity index (χ4v) is 3.77. The van der Waals surface area contributed by atoms with Crippen LogP contribution in [0.25, 0.3) is 0 Å². The minimum atomic E-state index is -0.0374. The standard InChI is InChI=1S/C17H30N4O3/c1-14(15-5-4-12-24-15)18-17(23)21-10-8-20(9-11-21)16(22)13-19-6-2-3-7-19/h14-15H,2-13H2,1H3,(H,18,23)/t14-,15+/m0/s1. The molecule has 1 N–H and O–H groups in total. The van der Waals surface area contributed by atoms with E-state index in [1.54, 1.807) is 0 Å². The van der Waals surface area contributed by atoms with Crippen molar-refractivity contribution in [2.45, 2.75) is 44.8 Å². The van der Waals surface area contributed by atoms with Crippen LogP contribution in [0.3, 0.4) is 0 Å². The average Bonchev–Trinajstić information content (AvgIpc) is 3.28. The first-order valence-corrected chi connectivity index (χ1v) is 9.30. The van der Waals surface area contributed by atoms with Crippen molar-refractivity contribution in [2.24, 2.45) is 0 Å². The zero-order chi connectivity index (χ0) is 16.9. The van der Waals surface area contributed by atoms with Gasteiger partial charge in [-0.2, -0.15) is 0 Å². The van der Waals surface area contributed by atoms with E-state index in [1.807, 2.05) is 16.7 Å². The molecule has 0 bridgehead atoms. The molecule has 0 aromatic heterocycles. The van der Waals surface area contributed by atoms with Crippen LogP contribution >= 0.6 is 0 Å². The smallest absolute Gasteiger partial charge is 0.317 e. The van der Waals surface area contributed by atoms with Crippen LogP contribution in [-0.4, -0.2) is 91.2 Å². The minimum absolute atomic E-state index is 0.0369. The second-order valence-electron chi connectivity index (χ2n) is 7.14. The largest absolute Gasteiger partial charge is 0.376 e. The molecule has 3 fully saturated rings. The van der Waals surface area contributed by atoms with Crippen LogP contribution in [0.15, 0.2) is 0 Å². The summed E-state index contributed by atoms with van der Waals surface area (Å²) in [6.45, 7) is 7.88. The van der Waals surface area contributed by atoms with Crippen molar-refractivity contribution in [3.63, 3.8) is 0 Å². The molecule has 3 saturated heterocycles. The predicted molar refractivity (Wildman–Crippen MR) is 90.8 cm³/mol. The molecule has 7 nitrogen and oxygen atoms in total. The lowest BCUT2D eigenvalue weighted by atomic mass is 10.1. The Balaban J connectivity index is 1.39. The SMILES string of the molecule is C[C@H](NC(=O)N1CCN(C(=O)CN2CCCC2)CC1)[C@H]1CCCO1. The summed E-state index contributed by atoms with van der Waals surface area (Å²) in [7, 11) is 0. The van der Waals surface area contributed by atoms with Gasteiger partial charge in [0.15, 0.2) is 0 Å². The van der Waals surface area contributed by atoms with Gasteiger partial charge in [0, 0.05) is 32.8 Å². The van der Waals surface area contributed by atoms with Crippen molar-refractivity contribution >= 4 is 11.9 Å². The molecule has 7 heteroatoms. The number of carbonyl (C=O) groups is 2. The van der Waals surface area contributed by atoms with Crippen LogP contribution in [0, 0.1) is 0 Å². The van der Waals surface area contributed by atoms with Gasteiger partial charge < -0.3 is 19.9 Å². The topological polar surface area (TPSA) is 65.1 Å². The van der Waals surface area contributed by atoms with Crippen molar-refractivity contribution in [1.29, 1.82) is 0 Å². The molecule has 0 spiro atoms. The second-order valence-corrected chi connectivity index (χ2v) is 7.14. The highest BCUT2D eigenvalue weighted by Crippen LogP contribution is 2.16. The molecular formula is C17H30N4O3. The van der Waals surface area contributed by atoms with E-state index in [9.17, 15) is 9.59 Å². The molecule has 3 aliphatic heterocycles. The molecule has 0 unspecified atom stereocenters. The Morgan fingerprint density at radius 3 is 2.33 bits per heavy atom. The van der Waals surface area contributed by atoms with E-state index < -0.39 is 0 Å². The zero-order valence-electron chi connectivity index (χ0n) is 14.7. The highest BCUT2D eigenvalue weighted by Gasteiger charge is 2.28. The van der Waals surface area contributed by atoms with Crippen molar-refractivity contribution in [3.05, 3.63) is 0 Å². The third-order valence-corrected chi connectivity index (χ3v) is 5.35. The van der Waals surface area contributed by atoms with E-state index in [0.29, 0.717) is 32.7 Å². The van der Waals surface area contributed by atoms with Crippen LogP contribution in [0.2, 0.25) is 0 Å². The highest BCUT2D eigenvalue weighted by atomic mass is 16.5. The van der Waals surface area contributed by atoms with Gasteiger partial charge in [-0.3, -0.25) is 9.69 Å². The van der Waals surface area contributed by atoms with Crippen molar-refractivity contribution < 1.29 is 14.3 Å². The molecule has 3 amide bonds. The van der Waals surface area contributed by atoms with Gasteiger partial charge in [-0.1, -0.05) is 0 Å². The van der Waals surface area contributed by atoms with Gasteiger partial charge in [0.25, 0.3) is 0 Å². The Labute approximate surface area is 144 Å². The number of amides is 3. The molecule has 2 atom stereocenters. The number of carbonyl (C=O) groups excluding carboxylic acids is 2. The van der Waals surface area contributed by atoms with Gasteiger partial charge in [0.05, 0.1) is 18.7 Å². The maximum Gasteiger partial charge on any atom is 0.317 e. The summed E-state index contributed by atoms with van der Waals surface area (Å²) < 4.78 is 5.62. The summed E-state index contributed by atoms with van der Waals surface area (Å²) in [5, 5.41) is 3.04. The van der Waals surface area contributed by atoms with Gasteiger partial charge in [-0.15, -0.1) is 0 Å². The molecular weight excluding hydrogens is 308 g/mol. The van der Waals surface area contributed by atoms with E-state index in [0.717, 1.165) is 32.5 Å². The third kappa shape index (κ3) is 4.39. The lowest BCUT2D eigenvalue weighted by Gasteiger charge is -2.36. The number of likely N-dealkylation sites (tertiary alicyclic amines) is 1. The first-order chi connectivity index (χ1) is 11.6. The lowest BCUT2D eigenvalue weighted by molar-refractivity contribution is -0.133.